The summed E-state index contributed by atoms with van der Waals surface area (Å²) in [5, 5.41) is 19.1. The van der Waals surface area contributed by atoms with Crippen molar-refractivity contribution in [2.24, 2.45) is 5.73 Å². The molecule has 0 aliphatic carbocycles. The van der Waals surface area contributed by atoms with E-state index in [4.69, 9.17) is 5.73 Å². The molecule has 0 bridgehead atoms. The predicted molar refractivity (Wildman–Crippen MR) is 55.8 cm³/mol. The van der Waals surface area contributed by atoms with E-state index < -0.39 is 18.1 Å². The first-order valence-electron chi connectivity index (χ1n) is 4.79. The Labute approximate surface area is 88.3 Å². The zero-order valence-electron chi connectivity index (χ0n) is 8.34. The van der Waals surface area contributed by atoms with Gasteiger partial charge >= 0.3 is 0 Å². The van der Waals surface area contributed by atoms with Gasteiger partial charge in [0.1, 0.15) is 0 Å². The minimum atomic E-state index is -0.891. The molecule has 2 atom stereocenters. The van der Waals surface area contributed by atoms with E-state index in [-0.39, 0.29) is 12.8 Å². The summed E-state index contributed by atoms with van der Waals surface area (Å²) < 4.78 is 0. The second-order valence-corrected chi connectivity index (χ2v) is 3.49. The number of carbonyl (C=O) groups excluding carboxylic acids is 1. The number of amides is 1. The standard InChI is InChI=1S/C11H15NO3/c12-11(15)7-9(13)6-10(14)8-4-2-1-3-5-8/h1-5,9-10,13-14H,6-7H2,(H2,12,15)/t9-,10+/m0/s1. The molecule has 4 nitrogen and oxygen atoms in total. The van der Waals surface area contributed by atoms with Gasteiger partial charge in [-0.1, -0.05) is 30.3 Å². The van der Waals surface area contributed by atoms with Gasteiger partial charge in [-0.15, -0.1) is 0 Å². The fraction of sp³-hybridized carbons (Fsp3) is 0.364. The van der Waals surface area contributed by atoms with Crippen molar-refractivity contribution >= 4 is 5.91 Å². The molecular weight excluding hydrogens is 194 g/mol. The molecule has 0 unspecified atom stereocenters. The number of rotatable bonds is 5. The fourth-order valence-electron chi connectivity index (χ4n) is 1.38. The van der Waals surface area contributed by atoms with Crippen molar-refractivity contribution in [1.29, 1.82) is 0 Å². The van der Waals surface area contributed by atoms with E-state index >= 15 is 0 Å². The molecule has 1 amide bonds. The first-order valence-corrected chi connectivity index (χ1v) is 4.79. The van der Waals surface area contributed by atoms with Crippen molar-refractivity contribution in [3.63, 3.8) is 0 Å². The molecule has 0 aliphatic heterocycles. The summed E-state index contributed by atoms with van der Waals surface area (Å²) in [6.07, 6.45) is -1.66. The van der Waals surface area contributed by atoms with Crippen LogP contribution < -0.4 is 5.73 Å². The van der Waals surface area contributed by atoms with Crippen LogP contribution in [-0.2, 0) is 4.79 Å². The number of nitrogens with two attached hydrogens (primary N) is 1. The Hall–Kier alpha value is -1.39. The molecule has 15 heavy (non-hydrogen) atoms. The molecule has 0 fully saturated rings. The summed E-state index contributed by atoms with van der Waals surface area (Å²) in [6, 6.07) is 8.98. The maximum atomic E-state index is 10.5. The molecule has 1 aromatic rings. The Bertz CT molecular complexity index is 313. The Balaban J connectivity index is 2.49. The Morgan fingerprint density at radius 1 is 1.27 bits per heavy atom. The first-order chi connectivity index (χ1) is 7.09. The maximum Gasteiger partial charge on any atom is 0.220 e. The van der Waals surface area contributed by atoms with E-state index in [1.165, 1.54) is 0 Å². The summed E-state index contributed by atoms with van der Waals surface area (Å²) in [6.45, 7) is 0. The highest BCUT2D eigenvalue weighted by molar-refractivity contribution is 5.74. The van der Waals surface area contributed by atoms with Crippen LogP contribution in [0.1, 0.15) is 24.5 Å². The Kier molecular flexibility index (Phi) is 4.27. The van der Waals surface area contributed by atoms with Crippen LogP contribution in [-0.4, -0.2) is 22.2 Å². The van der Waals surface area contributed by atoms with E-state index in [0.717, 1.165) is 5.56 Å². The lowest BCUT2D eigenvalue weighted by molar-refractivity contribution is -0.120. The maximum absolute atomic E-state index is 10.5. The molecule has 1 rings (SSSR count). The molecule has 0 radical (unpaired) electrons. The lowest BCUT2D eigenvalue weighted by Gasteiger charge is -2.14. The van der Waals surface area contributed by atoms with Gasteiger partial charge in [0.2, 0.25) is 5.91 Å². The van der Waals surface area contributed by atoms with E-state index in [2.05, 4.69) is 0 Å². The van der Waals surface area contributed by atoms with Crippen molar-refractivity contribution in [1.82, 2.24) is 0 Å². The number of aliphatic hydroxyl groups excluding tert-OH is 2. The average molecular weight is 209 g/mol. The second kappa shape index (κ2) is 5.48. The van der Waals surface area contributed by atoms with Crippen molar-refractivity contribution in [2.45, 2.75) is 25.0 Å². The van der Waals surface area contributed by atoms with Crippen LogP contribution in [0.15, 0.2) is 30.3 Å². The third-order valence-electron chi connectivity index (χ3n) is 2.12. The molecule has 0 heterocycles. The summed E-state index contributed by atoms with van der Waals surface area (Å²) in [4.78, 5) is 10.5. The molecular formula is C11H15NO3. The third-order valence-corrected chi connectivity index (χ3v) is 2.12. The van der Waals surface area contributed by atoms with E-state index in [9.17, 15) is 15.0 Å². The van der Waals surface area contributed by atoms with Gasteiger partial charge in [-0.05, 0) is 5.56 Å². The summed E-state index contributed by atoms with van der Waals surface area (Å²) >= 11 is 0. The van der Waals surface area contributed by atoms with Crippen LogP contribution in [0, 0.1) is 0 Å². The topological polar surface area (TPSA) is 83.6 Å². The smallest absolute Gasteiger partial charge is 0.220 e. The molecule has 4 heteroatoms. The van der Waals surface area contributed by atoms with Crippen LogP contribution in [0.5, 0.6) is 0 Å². The van der Waals surface area contributed by atoms with Gasteiger partial charge in [-0.25, -0.2) is 0 Å². The highest BCUT2D eigenvalue weighted by Crippen LogP contribution is 2.18. The lowest BCUT2D eigenvalue weighted by Crippen LogP contribution is -2.21. The molecule has 0 spiro atoms. The Morgan fingerprint density at radius 2 is 1.87 bits per heavy atom. The van der Waals surface area contributed by atoms with Crippen LogP contribution >= 0.6 is 0 Å². The van der Waals surface area contributed by atoms with Gasteiger partial charge in [0, 0.05) is 6.42 Å². The second-order valence-electron chi connectivity index (χ2n) is 3.49. The molecule has 4 N–H and O–H groups in total. The molecule has 82 valence electrons. The van der Waals surface area contributed by atoms with Gasteiger partial charge in [0.15, 0.2) is 0 Å². The van der Waals surface area contributed by atoms with Crippen molar-refractivity contribution in [3.8, 4) is 0 Å². The van der Waals surface area contributed by atoms with Gasteiger partial charge < -0.3 is 15.9 Å². The number of hydrogen-bond acceptors (Lipinski definition) is 3. The number of hydrogen-bond donors (Lipinski definition) is 3. The van der Waals surface area contributed by atoms with E-state index in [1.807, 2.05) is 6.07 Å². The zero-order chi connectivity index (χ0) is 11.3. The monoisotopic (exact) mass is 209 g/mol. The van der Waals surface area contributed by atoms with Gasteiger partial charge in [-0.2, -0.15) is 0 Å². The minimum Gasteiger partial charge on any atom is -0.392 e. The van der Waals surface area contributed by atoms with E-state index in [1.54, 1.807) is 24.3 Å². The van der Waals surface area contributed by atoms with Gasteiger partial charge in [0.05, 0.1) is 18.6 Å². The Morgan fingerprint density at radius 3 is 2.40 bits per heavy atom. The van der Waals surface area contributed by atoms with Crippen molar-refractivity contribution < 1.29 is 15.0 Å². The third kappa shape index (κ3) is 4.10. The molecule has 0 aliphatic rings. The largest absolute Gasteiger partial charge is 0.392 e. The normalized spacial score (nSPS) is 14.5. The molecule has 1 aromatic carbocycles. The molecule has 0 aromatic heterocycles. The molecule has 0 saturated heterocycles. The SMILES string of the molecule is NC(=O)C[C@@H](O)C[C@@H](O)c1ccccc1. The van der Waals surface area contributed by atoms with Crippen LogP contribution in [0.2, 0.25) is 0 Å². The minimum absolute atomic E-state index is 0.118. The quantitative estimate of drug-likeness (QED) is 0.654. The summed E-state index contributed by atoms with van der Waals surface area (Å²) in [5.41, 5.74) is 5.65. The number of carbonyl (C=O) groups is 1. The lowest BCUT2D eigenvalue weighted by atomic mass is 10.0. The fourth-order valence-corrected chi connectivity index (χ4v) is 1.38. The summed E-state index contributed by atoms with van der Waals surface area (Å²) in [5.74, 6) is -0.567. The average Bonchev–Trinajstić information content (AvgIpc) is 2.17. The van der Waals surface area contributed by atoms with Crippen LogP contribution in [0.3, 0.4) is 0 Å². The van der Waals surface area contributed by atoms with Gasteiger partial charge in [-0.3, -0.25) is 4.79 Å². The van der Waals surface area contributed by atoms with Crippen LogP contribution in [0.4, 0.5) is 0 Å². The predicted octanol–water partition coefficient (Wildman–Crippen LogP) is 0.346. The first kappa shape index (κ1) is 11.7. The van der Waals surface area contributed by atoms with Crippen molar-refractivity contribution in [2.75, 3.05) is 0 Å². The van der Waals surface area contributed by atoms with E-state index in [0.29, 0.717) is 0 Å². The van der Waals surface area contributed by atoms with Gasteiger partial charge in [0.25, 0.3) is 0 Å². The highest BCUT2D eigenvalue weighted by Gasteiger charge is 2.15. The van der Waals surface area contributed by atoms with Crippen LogP contribution in [0.25, 0.3) is 0 Å². The van der Waals surface area contributed by atoms with Crippen molar-refractivity contribution in [3.05, 3.63) is 35.9 Å². The number of aliphatic hydroxyl groups is 2. The highest BCUT2D eigenvalue weighted by atomic mass is 16.3. The zero-order valence-corrected chi connectivity index (χ0v) is 8.34. The molecule has 0 saturated carbocycles. The number of benzene rings is 1. The number of primary amides is 1. The summed E-state index contributed by atoms with van der Waals surface area (Å²) in [7, 11) is 0.